The Morgan fingerprint density at radius 3 is 3.05 bits per heavy atom. The zero-order valence-corrected chi connectivity index (χ0v) is 12.7. The zero-order valence-electron chi connectivity index (χ0n) is 11.9. The Morgan fingerprint density at radius 1 is 1.35 bits per heavy atom. The van der Waals surface area contributed by atoms with E-state index in [9.17, 15) is 4.79 Å². The number of aryl methyl sites for hydroxylation is 3. The van der Waals surface area contributed by atoms with Crippen LogP contribution in [0.1, 0.15) is 58.5 Å². The van der Waals surface area contributed by atoms with E-state index in [2.05, 4.69) is 18.0 Å². The van der Waals surface area contributed by atoms with E-state index >= 15 is 0 Å². The van der Waals surface area contributed by atoms with Gasteiger partial charge >= 0.3 is 0 Å². The lowest BCUT2D eigenvalue weighted by Gasteiger charge is -2.03. The van der Waals surface area contributed by atoms with E-state index in [4.69, 9.17) is 0 Å². The molecule has 3 rings (SSSR count). The normalized spacial score (nSPS) is 14.8. The third-order valence-corrected chi connectivity index (χ3v) is 5.09. The molecule has 4 heteroatoms. The Morgan fingerprint density at radius 2 is 2.20 bits per heavy atom. The molecule has 2 aromatic heterocycles. The lowest BCUT2D eigenvalue weighted by atomic mass is 10.1. The van der Waals surface area contributed by atoms with E-state index in [1.165, 1.54) is 29.7 Å². The van der Waals surface area contributed by atoms with Crippen molar-refractivity contribution in [2.24, 2.45) is 0 Å². The van der Waals surface area contributed by atoms with Crippen LogP contribution in [-0.2, 0) is 19.4 Å². The van der Waals surface area contributed by atoms with Gasteiger partial charge in [-0.3, -0.25) is 4.79 Å². The summed E-state index contributed by atoms with van der Waals surface area (Å²) in [5, 5.41) is 0. The molecule has 0 unspecified atom stereocenters. The maximum atomic E-state index is 12.6. The smallest absolute Gasteiger partial charge is 0.238 e. The van der Waals surface area contributed by atoms with Gasteiger partial charge in [-0.05, 0) is 43.7 Å². The molecule has 0 N–H and O–H groups in total. The minimum atomic E-state index is 0.0847. The Bertz CT molecular complexity index is 588. The van der Waals surface area contributed by atoms with Crippen molar-refractivity contribution in [1.29, 1.82) is 0 Å². The molecule has 0 bridgehead atoms. The summed E-state index contributed by atoms with van der Waals surface area (Å²) in [6.45, 7) is 2.97. The first-order valence-electron chi connectivity index (χ1n) is 7.47. The SMILES string of the molecule is CCCn1ccnc1C(=O)c1cc2c(s1)CCCCC2. The predicted molar refractivity (Wildman–Crippen MR) is 81.5 cm³/mol. The van der Waals surface area contributed by atoms with E-state index in [0.29, 0.717) is 5.82 Å². The van der Waals surface area contributed by atoms with Gasteiger partial charge in [-0.2, -0.15) is 0 Å². The Labute approximate surface area is 123 Å². The fraction of sp³-hybridized carbons (Fsp3) is 0.500. The fourth-order valence-electron chi connectivity index (χ4n) is 2.83. The maximum Gasteiger partial charge on any atom is 0.238 e. The molecule has 0 atom stereocenters. The van der Waals surface area contributed by atoms with Crippen LogP contribution < -0.4 is 0 Å². The second-order valence-electron chi connectivity index (χ2n) is 5.39. The van der Waals surface area contributed by atoms with Gasteiger partial charge in [0.2, 0.25) is 5.78 Å². The van der Waals surface area contributed by atoms with Crippen LogP contribution in [0.25, 0.3) is 0 Å². The molecule has 0 saturated carbocycles. The van der Waals surface area contributed by atoms with Gasteiger partial charge in [-0.15, -0.1) is 11.3 Å². The molecule has 0 aliphatic heterocycles. The Hall–Kier alpha value is -1.42. The van der Waals surface area contributed by atoms with Gasteiger partial charge in [0.1, 0.15) is 0 Å². The number of hydrogen-bond donors (Lipinski definition) is 0. The van der Waals surface area contributed by atoms with Crippen LogP contribution in [0.3, 0.4) is 0 Å². The van der Waals surface area contributed by atoms with Crippen LogP contribution in [0, 0.1) is 0 Å². The van der Waals surface area contributed by atoms with Crippen LogP contribution in [0.15, 0.2) is 18.5 Å². The fourth-order valence-corrected chi connectivity index (χ4v) is 4.02. The summed E-state index contributed by atoms with van der Waals surface area (Å²) in [5.74, 6) is 0.671. The first-order valence-corrected chi connectivity index (χ1v) is 8.28. The monoisotopic (exact) mass is 288 g/mol. The number of hydrogen-bond acceptors (Lipinski definition) is 3. The van der Waals surface area contributed by atoms with Crippen LogP contribution in [0.5, 0.6) is 0 Å². The highest BCUT2D eigenvalue weighted by molar-refractivity contribution is 7.14. The number of fused-ring (bicyclic) bond motifs is 1. The molecule has 0 radical (unpaired) electrons. The number of carbonyl (C=O) groups is 1. The highest BCUT2D eigenvalue weighted by atomic mass is 32.1. The van der Waals surface area contributed by atoms with Crippen molar-refractivity contribution in [3.8, 4) is 0 Å². The van der Waals surface area contributed by atoms with Crippen molar-refractivity contribution in [2.45, 2.75) is 52.0 Å². The molecule has 20 heavy (non-hydrogen) atoms. The summed E-state index contributed by atoms with van der Waals surface area (Å²) in [4.78, 5) is 19.2. The van der Waals surface area contributed by atoms with E-state index in [1.54, 1.807) is 17.5 Å². The largest absolute Gasteiger partial charge is 0.328 e. The van der Waals surface area contributed by atoms with Crippen LogP contribution in [0.4, 0.5) is 0 Å². The number of thiophene rings is 1. The highest BCUT2D eigenvalue weighted by Crippen LogP contribution is 2.30. The lowest BCUT2D eigenvalue weighted by Crippen LogP contribution is -2.10. The van der Waals surface area contributed by atoms with Crippen LogP contribution in [-0.4, -0.2) is 15.3 Å². The summed E-state index contributed by atoms with van der Waals surface area (Å²) in [7, 11) is 0. The Balaban J connectivity index is 1.89. The summed E-state index contributed by atoms with van der Waals surface area (Å²) in [6, 6.07) is 2.11. The molecule has 0 fully saturated rings. The van der Waals surface area contributed by atoms with Crippen molar-refractivity contribution in [3.05, 3.63) is 39.6 Å². The molecule has 106 valence electrons. The summed E-state index contributed by atoms with van der Waals surface area (Å²) in [6.07, 6.45) is 10.7. The first-order chi connectivity index (χ1) is 9.79. The molecule has 0 saturated heterocycles. The number of imidazole rings is 1. The number of ketones is 1. The van der Waals surface area contributed by atoms with Gasteiger partial charge in [-0.25, -0.2) is 4.98 Å². The molecular formula is C16H20N2OS. The number of carbonyl (C=O) groups excluding carboxylic acids is 1. The number of nitrogens with zero attached hydrogens (tertiary/aromatic N) is 2. The third-order valence-electron chi connectivity index (χ3n) is 3.85. The zero-order chi connectivity index (χ0) is 13.9. The molecule has 1 aliphatic carbocycles. The molecule has 2 heterocycles. The highest BCUT2D eigenvalue weighted by Gasteiger charge is 2.20. The van der Waals surface area contributed by atoms with Crippen LogP contribution >= 0.6 is 11.3 Å². The van der Waals surface area contributed by atoms with E-state index in [1.807, 2.05) is 10.8 Å². The maximum absolute atomic E-state index is 12.6. The van der Waals surface area contributed by atoms with Crippen molar-refractivity contribution < 1.29 is 4.79 Å². The number of rotatable bonds is 4. The van der Waals surface area contributed by atoms with Crippen molar-refractivity contribution in [2.75, 3.05) is 0 Å². The van der Waals surface area contributed by atoms with Crippen molar-refractivity contribution >= 4 is 17.1 Å². The molecule has 0 amide bonds. The molecule has 2 aromatic rings. The lowest BCUT2D eigenvalue weighted by molar-refractivity contribution is 0.102. The second kappa shape index (κ2) is 5.92. The summed E-state index contributed by atoms with van der Waals surface area (Å²) >= 11 is 1.68. The molecule has 0 spiro atoms. The van der Waals surface area contributed by atoms with Gasteiger partial charge in [0.25, 0.3) is 0 Å². The average Bonchev–Trinajstić information content (AvgIpc) is 3.01. The first kappa shape index (κ1) is 13.6. The predicted octanol–water partition coefficient (Wildman–Crippen LogP) is 3.85. The second-order valence-corrected chi connectivity index (χ2v) is 6.53. The minimum Gasteiger partial charge on any atom is -0.328 e. The van der Waals surface area contributed by atoms with E-state index < -0.39 is 0 Å². The van der Waals surface area contributed by atoms with Gasteiger partial charge in [0, 0.05) is 23.8 Å². The van der Waals surface area contributed by atoms with Crippen LogP contribution in [0.2, 0.25) is 0 Å². The van der Waals surface area contributed by atoms with E-state index in [0.717, 1.165) is 30.7 Å². The third kappa shape index (κ3) is 2.57. The van der Waals surface area contributed by atoms with Gasteiger partial charge in [0.15, 0.2) is 5.82 Å². The van der Waals surface area contributed by atoms with Gasteiger partial charge in [-0.1, -0.05) is 13.3 Å². The molecular weight excluding hydrogens is 268 g/mol. The minimum absolute atomic E-state index is 0.0847. The molecule has 0 aromatic carbocycles. The standard InChI is InChI=1S/C16H20N2OS/c1-2-9-18-10-8-17-16(18)15(19)14-11-12-6-4-3-5-7-13(12)20-14/h8,10-11H,2-7,9H2,1H3. The topological polar surface area (TPSA) is 34.9 Å². The van der Waals surface area contributed by atoms with Gasteiger partial charge < -0.3 is 4.57 Å². The Kier molecular flexibility index (Phi) is 4.01. The van der Waals surface area contributed by atoms with Crippen molar-refractivity contribution in [1.82, 2.24) is 9.55 Å². The quantitative estimate of drug-likeness (QED) is 0.632. The number of aromatic nitrogens is 2. The average molecular weight is 288 g/mol. The summed E-state index contributed by atoms with van der Waals surface area (Å²) < 4.78 is 1.97. The van der Waals surface area contributed by atoms with Gasteiger partial charge in [0.05, 0.1) is 4.88 Å². The van der Waals surface area contributed by atoms with Crippen molar-refractivity contribution in [3.63, 3.8) is 0 Å². The molecule has 3 nitrogen and oxygen atoms in total. The molecule has 1 aliphatic rings. The summed E-state index contributed by atoms with van der Waals surface area (Å²) in [5.41, 5.74) is 1.39. The van der Waals surface area contributed by atoms with E-state index in [-0.39, 0.29) is 5.78 Å².